The second-order valence-corrected chi connectivity index (χ2v) is 7.82. The van der Waals surface area contributed by atoms with Crippen molar-refractivity contribution >= 4 is 35.0 Å². The molecule has 12 heteroatoms. The number of thioether (sulfide) groups is 1. The maximum Gasteiger partial charge on any atom is 0.270 e. The summed E-state index contributed by atoms with van der Waals surface area (Å²) in [4.78, 5) is 35.0. The first-order chi connectivity index (χ1) is 15.8. The Bertz CT molecular complexity index is 1200. The molecule has 0 saturated heterocycles. The van der Waals surface area contributed by atoms with Crippen molar-refractivity contribution in [3.63, 3.8) is 0 Å². The third-order valence-electron chi connectivity index (χ3n) is 4.71. The van der Waals surface area contributed by atoms with Gasteiger partial charge in [0.2, 0.25) is 5.91 Å². The first-order valence-corrected chi connectivity index (χ1v) is 10.9. The van der Waals surface area contributed by atoms with Crippen LogP contribution in [0.25, 0.3) is 0 Å². The fourth-order valence-electron chi connectivity index (χ4n) is 2.96. The molecule has 0 fully saturated rings. The minimum atomic E-state index is -0.570. The van der Waals surface area contributed by atoms with Gasteiger partial charge in [0.15, 0.2) is 11.0 Å². The van der Waals surface area contributed by atoms with Crippen molar-refractivity contribution in [2.45, 2.75) is 32.1 Å². The van der Waals surface area contributed by atoms with Crippen molar-refractivity contribution in [1.29, 1.82) is 0 Å². The molecule has 0 unspecified atom stereocenters. The molecule has 0 spiro atoms. The number of carbonyl (C=O) groups is 2. The number of nitro benzene ring substituents is 1. The molecular weight excluding hydrogens is 451 g/mol. The lowest BCUT2D eigenvalue weighted by atomic mass is 10.2. The molecule has 0 aliphatic carbocycles. The highest BCUT2D eigenvalue weighted by atomic mass is 32.2. The zero-order chi connectivity index (χ0) is 24.0. The molecule has 1 aromatic heterocycles. The molecule has 2 amide bonds. The van der Waals surface area contributed by atoms with E-state index in [1.54, 1.807) is 17.6 Å². The number of benzene rings is 2. The summed E-state index contributed by atoms with van der Waals surface area (Å²) in [6.45, 7) is 4.01. The molecule has 0 saturated carbocycles. The SMILES string of the molecule is CCn1c(CNC(=O)c2cccc([N+](=O)[O-])c2)nnc1SCC(=O)Nc1cccc(F)c1C. The van der Waals surface area contributed by atoms with E-state index in [0.29, 0.717) is 28.8 Å². The minimum Gasteiger partial charge on any atom is -0.345 e. The lowest BCUT2D eigenvalue weighted by Crippen LogP contribution is -2.25. The molecule has 0 bridgehead atoms. The van der Waals surface area contributed by atoms with E-state index in [1.165, 1.54) is 36.4 Å². The van der Waals surface area contributed by atoms with Crippen molar-refractivity contribution in [3.05, 3.63) is 75.3 Å². The average molecular weight is 473 g/mol. The van der Waals surface area contributed by atoms with Gasteiger partial charge in [0.1, 0.15) is 5.82 Å². The number of nitrogens with one attached hydrogen (secondary N) is 2. The van der Waals surface area contributed by atoms with Gasteiger partial charge in [-0.2, -0.15) is 0 Å². The lowest BCUT2D eigenvalue weighted by Gasteiger charge is -2.10. The second-order valence-electron chi connectivity index (χ2n) is 6.88. The molecule has 2 aromatic carbocycles. The summed E-state index contributed by atoms with van der Waals surface area (Å²) in [6.07, 6.45) is 0. The van der Waals surface area contributed by atoms with Gasteiger partial charge in [0, 0.05) is 35.5 Å². The quantitative estimate of drug-likeness (QED) is 0.277. The van der Waals surface area contributed by atoms with Crippen LogP contribution in [0.4, 0.5) is 15.8 Å². The van der Waals surface area contributed by atoms with E-state index in [1.807, 2.05) is 6.92 Å². The average Bonchev–Trinajstić information content (AvgIpc) is 3.21. The van der Waals surface area contributed by atoms with Crippen molar-refractivity contribution in [1.82, 2.24) is 20.1 Å². The Morgan fingerprint density at radius 1 is 1.21 bits per heavy atom. The molecule has 2 N–H and O–H groups in total. The molecule has 1 heterocycles. The normalized spacial score (nSPS) is 10.6. The summed E-state index contributed by atoms with van der Waals surface area (Å²) in [5, 5.41) is 24.9. The molecule has 10 nitrogen and oxygen atoms in total. The molecule has 3 rings (SSSR count). The number of carbonyl (C=O) groups excluding carboxylic acids is 2. The Hall–Kier alpha value is -3.80. The van der Waals surface area contributed by atoms with Crippen molar-refractivity contribution in [2.75, 3.05) is 11.1 Å². The third-order valence-corrected chi connectivity index (χ3v) is 5.68. The number of aromatic nitrogens is 3. The standard InChI is InChI=1S/C21H21FN6O4S/c1-3-27-18(11-23-20(30)14-6-4-7-15(10-14)28(31)32)25-26-21(27)33-12-19(29)24-17-9-5-8-16(22)13(17)2/h4-10H,3,11-12H2,1-2H3,(H,23,30)(H,24,29). The first-order valence-electron chi connectivity index (χ1n) is 9.92. The van der Waals surface area contributed by atoms with Crippen LogP contribution in [0, 0.1) is 22.9 Å². The number of nitrogens with zero attached hydrogens (tertiary/aromatic N) is 4. The summed E-state index contributed by atoms with van der Waals surface area (Å²) >= 11 is 1.16. The zero-order valence-corrected chi connectivity index (χ0v) is 18.7. The minimum absolute atomic E-state index is 0.0358. The van der Waals surface area contributed by atoms with Crippen molar-refractivity contribution in [3.8, 4) is 0 Å². The van der Waals surface area contributed by atoms with E-state index < -0.39 is 16.6 Å². The van der Waals surface area contributed by atoms with E-state index >= 15 is 0 Å². The summed E-state index contributed by atoms with van der Waals surface area (Å²) in [5.41, 5.74) is 0.743. The fourth-order valence-corrected chi connectivity index (χ4v) is 3.78. The van der Waals surface area contributed by atoms with Gasteiger partial charge >= 0.3 is 0 Å². The molecule has 172 valence electrons. The van der Waals surface area contributed by atoms with E-state index in [2.05, 4.69) is 20.8 Å². The van der Waals surface area contributed by atoms with Gasteiger partial charge < -0.3 is 15.2 Å². The van der Waals surface area contributed by atoms with Crippen LogP contribution in [-0.2, 0) is 17.9 Å². The maximum absolute atomic E-state index is 13.6. The van der Waals surface area contributed by atoms with Crippen LogP contribution in [-0.4, -0.2) is 37.3 Å². The number of hydrogen-bond acceptors (Lipinski definition) is 7. The Balaban J connectivity index is 1.60. The van der Waals surface area contributed by atoms with Gasteiger partial charge in [-0.1, -0.05) is 23.9 Å². The van der Waals surface area contributed by atoms with Gasteiger partial charge in [0.25, 0.3) is 11.6 Å². The van der Waals surface area contributed by atoms with Crippen LogP contribution in [0.2, 0.25) is 0 Å². The predicted octanol–water partition coefficient (Wildman–Crippen LogP) is 3.31. The van der Waals surface area contributed by atoms with Gasteiger partial charge in [-0.05, 0) is 32.0 Å². The van der Waals surface area contributed by atoms with Crippen LogP contribution < -0.4 is 10.6 Å². The number of non-ortho nitro benzene ring substituents is 1. The number of halogens is 1. The van der Waals surface area contributed by atoms with Gasteiger partial charge in [0.05, 0.1) is 17.2 Å². The summed E-state index contributed by atoms with van der Waals surface area (Å²) in [6, 6.07) is 9.88. The predicted molar refractivity (Wildman–Crippen MR) is 120 cm³/mol. The van der Waals surface area contributed by atoms with E-state index in [-0.39, 0.29) is 29.5 Å². The highest BCUT2D eigenvalue weighted by molar-refractivity contribution is 7.99. The van der Waals surface area contributed by atoms with Crippen LogP contribution in [0.3, 0.4) is 0 Å². The molecule has 0 aliphatic heterocycles. The molecule has 33 heavy (non-hydrogen) atoms. The van der Waals surface area contributed by atoms with E-state index in [4.69, 9.17) is 0 Å². The Morgan fingerprint density at radius 2 is 1.97 bits per heavy atom. The highest BCUT2D eigenvalue weighted by Gasteiger charge is 2.16. The summed E-state index contributed by atoms with van der Waals surface area (Å²) < 4.78 is 15.4. The van der Waals surface area contributed by atoms with Crippen LogP contribution >= 0.6 is 11.8 Å². The van der Waals surface area contributed by atoms with Crippen molar-refractivity contribution in [2.24, 2.45) is 0 Å². The third kappa shape index (κ3) is 5.92. The van der Waals surface area contributed by atoms with E-state index in [9.17, 15) is 24.1 Å². The maximum atomic E-state index is 13.6. The van der Waals surface area contributed by atoms with Gasteiger partial charge in [-0.3, -0.25) is 19.7 Å². The fraction of sp³-hybridized carbons (Fsp3) is 0.238. The summed E-state index contributed by atoms with van der Waals surface area (Å²) in [5.74, 6) is -0.694. The zero-order valence-electron chi connectivity index (χ0n) is 17.9. The van der Waals surface area contributed by atoms with Crippen LogP contribution in [0.1, 0.15) is 28.7 Å². The molecule has 0 radical (unpaired) electrons. The summed E-state index contributed by atoms with van der Waals surface area (Å²) in [7, 11) is 0. The first kappa shape index (κ1) is 23.9. The van der Waals surface area contributed by atoms with Crippen molar-refractivity contribution < 1.29 is 18.9 Å². The topological polar surface area (TPSA) is 132 Å². The van der Waals surface area contributed by atoms with E-state index in [0.717, 1.165) is 11.8 Å². The number of rotatable bonds is 9. The number of anilines is 1. The van der Waals surface area contributed by atoms with Gasteiger partial charge in [-0.25, -0.2) is 4.39 Å². The molecule has 3 aromatic rings. The lowest BCUT2D eigenvalue weighted by molar-refractivity contribution is -0.384. The second kappa shape index (κ2) is 10.7. The Kier molecular flexibility index (Phi) is 7.72. The number of hydrogen-bond donors (Lipinski definition) is 2. The van der Waals surface area contributed by atoms with Crippen LogP contribution in [0.15, 0.2) is 47.6 Å². The molecular formula is C21H21FN6O4S. The largest absolute Gasteiger partial charge is 0.345 e. The Morgan fingerprint density at radius 3 is 2.70 bits per heavy atom. The molecule has 0 aliphatic rings. The monoisotopic (exact) mass is 472 g/mol. The number of nitro groups is 1. The number of amides is 2. The Labute approximate surface area is 192 Å². The van der Waals surface area contributed by atoms with Crippen LogP contribution in [0.5, 0.6) is 0 Å². The highest BCUT2D eigenvalue weighted by Crippen LogP contribution is 2.20. The molecule has 0 atom stereocenters. The smallest absolute Gasteiger partial charge is 0.270 e. The van der Waals surface area contributed by atoms with Gasteiger partial charge in [-0.15, -0.1) is 10.2 Å².